The van der Waals surface area contributed by atoms with E-state index in [0.717, 1.165) is 18.7 Å². The van der Waals surface area contributed by atoms with E-state index in [2.05, 4.69) is 35.4 Å². The lowest BCUT2D eigenvalue weighted by Crippen LogP contribution is -2.46. The lowest BCUT2D eigenvalue weighted by atomic mass is 9.96. The van der Waals surface area contributed by atoms with Crippen LogP contribution in [0.5, 0.6) is 5.75 Å². The van der Waals surface area contributed by atoms with Crippen LogP contribution in [0.15, 0.2) is 29.3 Å². The molecule has 3 N–H and O–H groups in total. The Morgan fingerprint density at radius 3 is 2.75 bits per heavy atom. The lowest BCUT2D eigenvalue weighted by Gasteiger charge is -2.35. The maximum Gasteiger partial charge on any atom is 0.189 e. The Morgan fingerprint density at radius 2 is 2.04 bits per heavy atom. The minimum absolute atomic E-state index is 0. The molecule has 1 aliphatic carbocycles. The summed E-state index contributed by atoms with van der Waals surface area (Å²) in [7, 11) is 4.30. The highest BCUT2D eigenvalue weighted by molar-refractivity contribution is 14.0. The highest BCUT2D eigenvalue weighted by Gasteiger charge is 2.35. The SMILES string of the molecule is CN(C)C1(CN=C(N)NC2CCOc3ccccc32)CCCC1.I. The number of rotatable bonds is 4. The number of ether oxygens (including phenoxy) is 1. The summed E-state index contributed by atoms with van der Waals surface area (Å²) >= 11 is 0. The maximum atomic E-state index is 6.18. The van der Waals surface area contributed by atoms with Crippen molar-refractivity contribution in [2.24, 2.45) is 10.7 Å². The van der Waals surface area contributed by atoms with Gasteiger partial charge in [0.2, 0.25) is 0 Å². The van der Waals surface area contributed by atoms with Crippen molar-refractivity contribution in [3.8, 4) is 5.75 Å². The van der Waals surface area contributed by atoms with Gasteiger partial charge in [-0.3, -0.25) is 4.99 Å². The van der Waals surface area contributed by atoms with E-state index in [4.69, 9.17) is 10.5 Å². The molecule has 134 valence electrons. The first-order valence-electron chi connectivity index (χ1n) is 8.56. The van der Waals surface area contributed by atoms with Crippen molar-refractivity contribution in [1.29, 1.82) is 0 Å². The fourth-order valence-electron chi connectivity index (χ4n) is 3.73. The van der Waals surface area contributed by atoms with E-state index in [-0.39, 0.29) is 35.6 Å². The highest BCUT2D eigenvalue weighted by Crippen LogP contribution is 2.34. The van der Waals surface area contributed by atoms with E-state index in [1.54, 1.807) is 0 Å². The number of nitrogens with two attached hydrogens (primary N) is 1. The fraction of sp³-hybridized carbons (Fsp3) is 0.611. The summed E-state index contributed by atoms with van der Waals surface area (Å²) < 4.78 is 5.70. The number of guanidine groups is 1. The Bertz CT molecular complexity index is 570. The number of benzene rings is 1. The van der Waals surface area contributed by atoms with Gasteiger partial charge in [0.1, 0.15) is 5.75 Å². The summed E-state index contributed by atoms with van der Waals surface area (Å²) in [6.07, 6.45) is 5.89. The van der Waals surface area contributed by atoms with Crippen LogP contribution >= 0.6 is 24.0 Å². The summed E-state index contributed by atoms with van der Waals surface area (Å²) in [6, 6.07) is 8.32. The van der Waals surface area contributed by atoms with Crippen molar-refractivity contribution >= 4 is 29.9 Å². The molecule has 0 aromatic heterocycles. The zero-order valence-electron chi connectivity index (χ0n) is 14.6. The topological polar surface area (TPSA) is 62.9 Å². The third kappa shape index (κ3) is 4.14. The Morgan fingerprint density at radius 1 is 1.33 bits per heavy atom. The summed E-state index contributed by atoms with van der Waals surface area (Å²) in [6.45, 7) is 1.48. The third-order valence-corrected chi connectivity index (χ3v) is 5.31. The van der Waals surface area contributed by atoms with E-state index in [9.17, 15) is 0 Å². The molecule has 1 aromatic rings. The van der Waals surface area contributed by atoms with Crippen molar-refractivity contribution < 1.29 is 4.74 Å². The molecule has 1 aromatic carbocycles. The molecule has 1 heterocycles. The maximum absolute atomic E-state index is 6.18. The van der Waals surface area contributed by atoms with Gasteiger partial charge in [0.25, 0.3) is 0 Å². The van der Waals surface area contributed by atoms with Crippen LogP contribution in [0.2, 0.25) is 0 Å². The normalized spacial score (nSPS) is 22.5. The minimum Gasteiger partial charge on any atom is -0.493 e. The highest BCUT2D eigenvalue weighted by atomic mass is 127. The molecule has 0 amide bonds. The van der Waals surface area contributed by atoms with E-state index >= 15 is 0 Å². The molecular formula is C18H29IN4O. The van der Waals surface area contributed by atoms with Crippen LogP contribution in [-0.2, 0) is 0 Å². The molecule has 0 saturated heterocycles. The molecule has 1 unspecified atom stereocenters. The number of fused-ring (bicyclic) bond motifs is 1. The number of nitrogens with zero attached hydrogens (tertiary/aromatic N) is 2. The van der Waals surface area contributed by atoms with Crippen molar-refractivity contribution in [2.45, 2.75) is 43.7 Å². The summed E-state index contributed by atoms with van der Waals surface area (Å²) in [4.78, 5) is 6.99. The second-order valence-electron chi connectivity index (χ2n) is 6.90. The van der Waals surface area contributed by atoms with Crippen molar-refractivity contribution in [2.75, 3.05) is 27.2 Å². The Labute approximate surface area is 162 Å². The van der Waals surface area contributed by atoms with Crippen molar-refractivity contribution in [3.05, 3.63) is 29.8 Å². The first-order chi connectivity index (χ1) is 11.1. The van der Waals surface area contributed by atoms with Gasteiger partial charge in [-0.05, 0) is 33.0 Å². The molecule has 2 aliphatic rings. The van der Waals surface area contributed by atoms with Crippen LogP contribution in [0.3, 0.4) is 0 Å². The smallest absolute Gasteiger partial charge is 0.189 e. The predicted octanol–water partition coefficient (Wildman–Crippen LogP) is 2.91. The number of nitrogens with one attached hydrogen (secondary N) is 1. The average molecular weight is 444 g/mol. The Balaban J connectivity index is 0.00000208. The molecule has 3 rings (SSSR count). The number of aliphatic imine (C=N–C) groups is 1. The number of hydrogen-bond acceptors (Lipinski definition) is 3. The van der Waals surface area contributed by atoms with Gasteiger partial charge in [-0.15, -0.1) is 24.0 Å². The molecule has 1 atom stereocenters. The van der Waals surface area contributed by atoms with Gasteiger partial charge in [0.15, 0.2) is 5.96 Å². The summed E-state index contributed by atoms with van der Waals surface area (Å²) in [5.74, 6) is 1.49. The molecule has 1 fully saturated rings. The summed E-state index contributed by atoms with van der Waals surface area (Å²) in [5, 5.41) is 3.38. The molecule has 0 spiro atoms. The van der Waals surface area contributed by atoms with Gasteiger partial charge in [-0.25, -0.2) is 0 Å². The molecule has 6 heteroatoms. The van der Waals surface area contributed by atoms with Crippen molar-refractivity contribution in [1.82, 2.24) is 10.2 Å². The van der Waals surface area contributed by atoms with Crippen LogP contribution in [0.25, 0.3) is 0 Å². The summed E-state index contributed by atoms with van der Waals surface area (Å²) in [5.41, 5.74) is 7.53. The van der Waals surface area contributed by atoms with E-state index in [1.807, 2.05) is 18.2 Å². The minimum atomic E-state index is 0. The van der Waals surface area contributed by atoms with E-state index in [1.165, 1.54) is 31.2 Å². The molecule has 24 heavy (non-hydrogen) atoms. The first-order valence-corrected chi connectivity index (χ1v) is 8.56. The van der Waals surface area contributed by atoms with Crippen LogP contribution in [0, 0.1) is 0 Å². The van der Waals surface area contributed by atoms with Gasteiger partial charge in [-0.2, -0.15) is 0 Å². The lowest BCUT2D eigenvalue weighted by molar-refractivity contribution is 0.167. The fourth-order valence-corrected chi connectivity index (χ4v) is 3.73. The molecule has 0 bridgehead atoms. The van der Waals surface area contributed by atoms with E-state index < -0.39 is 0 Å². The number of halogens is 1. The van der Waals surface area contributed by atoms with Gasteiger partial charge in [-0.1, -0.05) is 31.0 Å². The molecular weight excluding hydrogens is 415 g/mol. The van der Waals surface area contributed by atoms with Gasteiger partial charge >= 0.3 is 0 Å². The van der Waals surface area contributed by atoms with Gasteiger partial charge in [0, 0.05) is 17.5 Å². The standard InChI is InChI=1S/C18H28N4O.HI/c1-22(2)18(10-5-6-11-18)13-20-17(19)21-15-9-12-23-16-8-4-3-7-14(15)16;/h3-4,7-8,15H,5-6,9-13H2,1-2H3,(H3,19,20,21);1H. The van der Waals surface area contributed by atoms with Crippen molar-refractivity contribution in [3.63, 3.8) is 0 Å². The zero-order valence-corrected chi connectivity index (χ0v) is 17.0. The largest absolute Gasteiger partial charge is 0.493 e. The predicted molar refractivity (Wildman–Crippen MR) is 109 cm³/mol. The Kier molecular flexibility index (Phi) is 6.74. The monoisotopic (exact) mass is 444 g/mol. The molecule has 1 aliphatic heterocycles. The zero-order chi connectivity index (χ0) is 16.3. The van der Waals surface area contributed by atoms with Crippen LogP contribution in [-0.4, -0.2) is 43.6 Å². The van der Waals surface area contributed by atoms with Gasteiger partial charge in [0.05, 0.1) is 19.2 Å². The first kappa shape index (κ1) is 19.3. The average Bonchev–Trinajstić information content (AvgIpc) is 3.04. The second-order valence-corrected chi connectivity index (χ2v) is 6.90. The number of para-hydroxylation sites is 1. The van der Waals surface area contributed by atoms with Crippen LogP contribution in [0.4, 0.5) is 0 Å². The van der Waals surface area contributed by atoms with Crippen LogP contribution < -0.4 is 15.8 Å². The van der Waals surface area contributed by atoms with Crippen LogP contribution in [0.1, 0.15) is 43.7 Å². The molecule has 0 radical (unpaired) electrons. The number of likely N-dealkylation sites (N-methyl/N-ethyl adjacent to an activating group) is 1. The second kappa shape index (κ2) is 8.38. The third-order valence-electron chi connectivity index (χ3n) is 5.31. The molecule has 1 saturated carbocycles. The van der Waals surface area contributed by atoms with Gasteiger partial charge < -0.3 is 20.7 Å². The quantitative estimate of drug-likeness (QED) is 0.426. The molecule has 5 nitrogen and oxygen atoms in total. The number of hydrogen-bond donors (Lipinski definition) is 2. The Hall–Kier alpha value is -1.02. The van der Waals surface area contributed by atoms with E-state index in [0.29, 0.717) is 12.6 Å².